The zero-order valence-corrected chi connectivity index (χ0v) is 15.1. The molecular formula is C25H21N. The highest BCUT2D eigenvalue weighted by molar-refractivity contribution is 5.73. The van der Waals surface area contributed by atoms with Gasteiger partial charge in [0.25, 0.3) is 0 Å². The molecule has 4 aromatic rings. The third kappa shape index (κ3) is 3.43. The Labute approximate surface area is 155 Å². The molecule has 1 aromatic heterocycles. The van der Waals surface area contributed by atoms with Crippen LogP contribution in [0.5, 0.6) is 0 Å². The standard InChI is InChI=1S/C25H21N/c1-18-14-19(2)16-25(15-18)23-11-7-21(8-12-23)20-5-9-22(10-6-20)24-4-3-13-26-17-24/h3-17H,1-2H3. The smallest absolute Gasteiger partial charge is 0.0346 e. The van der Waals surface area contributed by atoms with Gasteiger partial charge in [0.1, 0.15) is 0 Å². The lowest BCUT2D eigenvalue weighted by molar-refractivity contribution is 1.33. The van der Waals surface area contributed by atoms with Gasteiger partial charge in [0.05, 0.1) is 0 Å². The van der Waals surface area contributed by atoms with Crippen molar-refractivity contribution in [1.82, 2.24) is 4.98 Å². The van der Waals surface area contributed by atoms with Crippen LogP contribution in [0.15, 0.2) is 91.3 Å². The molecule has 0 radical (unpaired) electrons. The quantitative estimate of drug-likeness (QED) is 0.406. The molecule has 0 saturated heterocycles. The first-order valence-electron chi connectivity index (χ1n) is 8.89. The van der Waals surface area contributed by atoms with Gasteiger partial charge in [-0.1, -0.05) is 83.9 Å². The number of hydrogen-bond acceptors (Lipinski definition) is 1. The summed E-state index contributed by atoms with van der Waals surface area (Å²) in [5.41, 5.74) is 9.93. The van der Waals surface area contributed by atoms with Gasteiger partial charge >= 0.3 is 0 Å². The molecule has 0 aliphatic rings. The Balaban J connectivity index is 1.61. The topological polar surface area (TPSA) is 12.9 Å². The summed E-state index contributed by atoms with van der Waals surface area (Å²) in [4.78, 5) is 4.19. The van der Waals surface area contributed by atoms with Gasteiger partial charge in [0, 0.05) is 12.4 Å². The molecule has 1 heteroatoms. The van der Waals surface area contributed by atoms with Crippen LogP contribution in [0, 0.1) is 13.8 Å². The fourth-order valence-corrected chi connectivity index (χ4v) is 3.39. The van der Waals surface area contributed by atoms with E-state index in [9.17, 15) is 0 Å². The molecule has 126 valence electrons. The van der Waals surface area contributed by atoms with Gasteiger partial charge in [-0.2, -0.15) is 0 Å². The van der Waals surface area contributed by atoms with E-state index in [2.05, 4.69) is 91.6 Å². The van der Waals surface area contributed by atoms with Gasteiger partial charge in [-0.05, 0) is 53.3 Å². The van der Waals surface area contributed by atoms with Crippen molar-refractivity contribution in [2.24, 2.45) is 0 Å². The maximum Gasteiger partial charge on any atom is 0.0346 e. The first-order chi connectivity index (χ1) is 12.7. The molecule has 0 unspecified atom stereocenters. The van der Waals surface area contributed by atoms with Gasteiger partial charge in [-0.15, -0.1) is 0 Å². The van der Waals surface area contributed by atoms with E-state index in [0.717, 1.165) is 5.56 Å². The SMILES string of the molecule is Cc1cc(C)cc(-c2ccc(-c3ccc(-c4cccnc4)cc3)cc2)c1. The molecule has 0 aliphatic carbocycles. The van der Waals surface area contributed by atoms with Crippen LogP contribution in [-0.4, -0.2) is 4.98 Å². The number of pyridine rings is 1. The average Bonchev–Trinajstić information content (AvgIpc) is 2.68. The van der Waals surface area contributed by atoms with E-state index in [1.165, 1.54) is 38.9 Å². The van der Waals surface area contributed by atoms with Crippen molar-refractivity contribution >= 4 is 0 Å². The van der Waals surface area contributed by atoms with E-state index in [1.54, 1.807) is 6.20 Å². The van der Waals surface area contributed by atoms with Gasteiger partial charge in [-0.25, -0.2) is 0 Å². The molecular weight excluding hydrogens is 314 g/mol. The van der Waals surface area contributed by atoms with Crippen molar-refractivity contribution in [3.63, 3.8) is 0 Å². The maximum absolute atomic E-state index is 4.19. The summed E-state index contributed by atoms with van der Waals surface area (Å²) in [6.07, 6.45) is 3.70. The van der Waals surface area contributed by atoms with E-state index in [-0.39, 0.29) is 0 Å². The fourth-order valence-electron chi connectivity index (χ4n) is 3.39. The van der Waals surface area contributed by atoms with Crippen LogP contribution in [0.2, 0.25) is 0 Å². The van der Waals surface area contributed by atoms with Crippen LogP contribution in [0.4, 0.5) is 0 Å². The van der Waals surface area contributed by atoms with E-state index in [0.29, 0.717) is 0 Å². The highest BCUT2D eigenvalue weighted by Crippen LogP contribution is 2.28. The molecule has 0 spiro atoms. The highest BCUT2D eigenvalue weighted by Gasteiger charge is 2.03. The van der Waals surface area contributed by atoms with E-state index >= 15 is 0 Å². The van der Waals surface area contributed by atoms with Crippen LogP contribution in [0.3, 0.4) is 0 Å². The lowest BCUT2D eigenvalue weighted by Gasteiger charge is -2.08. The third-order valence-corrected chi connectivity index (χ3v) is 4.65. The normalized spacial score (nSPS) is 10.7. The lowest BCUT2D eigenvalue weighted by Crippen LogP contribution is -1.84. The second kappa shape index (κ2) is 6.97. The zero-order chi connectivity index (χ0) is 17.9. The van der Waals surface area contributed by atoms with Crippen molar-refractivity contribution in [3.05, 3.63) is 102 Å². The molecule has 0 atom stereocenters. The average molecular weight is 335 g/mol. The lowest BCUT2D eigenvalue weighted by atomic mass is 9.97. The van der Waals surface area contributed by atoms with Crippen molar-refractivity contribution in [2.45, 2.75) is 13.8 Å². The second-order valence-corrected chi connectivity index (χ2v) is 6.77. The molecule has 26 heavy (non-hydrogen) atoms. The minimum atomic E-state index is 1.14. The number of rotatable bonds is 3. The Kier molecular flexibility index (Phi) is 4.37. The van der Waals surface area contributed by atoms with Crippen LogP contribution in [0.25, 0.3) is 33.4 Å². The minimum absolute atomic E-state index is 1.14. The molecule has 0 amide bonds. The number of aryl methyl sites for hydroxylation is 2. The van der Waals surface area contributed by atoms with E-state index in [1.807, 2.05) is 12.3 Å². The first kappa shape index (κ1) is 16.3. The predicted octanol–water partition coefficient (Wildman–Crippen LogP) is 6.70. The molecule has 1 nitrogen and oxygen atoms in total. The predicted molar refractivity (Wildman–Crippen MR) is 110 cm³/mol. The number of hydrogen-bond donors (Lipinski definition) is 0. The summed E-state index contributed by atoms with van der Waals surface area (Å²) in [6, 6.07) is 28.2. The minimum Gasteiger partial charge on any atom is -0.264 e. The zero-order valence-electron chi connectivity index (χ0n) is 15.1. The Morgan fingerprint density at radius 3 is 1.42 bits per heavy atom. The van der Waals surface area contributed by atoms with Crippen LogP contribution in [-0.2, 0) is 0 Å². The summed E-state index contributed by atoms with van der Waals surface area (Å²) in [5, 5.41) is 0. The van der Waals surface area contributed by atoms with Crippen LogP contribution < -0.4 is 0 Å². The summed E-state index contributed by atoms with van der Waals surface area (Å²) in [6.45, 7) is 4.29. The van der Waals surface area contributed by atoms with E-state index in [4.69, 9.17) is 0 Å². The molecule has 1 heterocycles. The van der Waals surface area contributed by atoms with Crippen molar-refractivity contribution in [3.8, 4) is 33.4 Å². The first-order valence-corrected chi connectivity index (χ1v) is 8.89. The van der Waals surface area contributed by atoms with E-state index < -0.39 is 0 Å². The van der Waals surface area contributed by atoms with Crippen molar-refractivity contribution in [1.29, 1.82) is 0 Å². The Morgan fingerprint density at radius 1 is 0.500 bits per heavy atom. The molecule has 0 fully saturated rings. The van der Waals surface area contributed by atoms with Crippen molar-refractivity contribution < 1.29 is 0 Å². The fraction of sp³-hybridized carbons (Fsp3) is 0.0800. The third-order valence-electron chi connectivity index (χ3n) is 4.65. The molecule has 4 rings (SSSR count). The van der Waals surface area contributed by atoms with Crippen LogP contribution in [0.1, 0.15) is 11.1 Å². The van der Waals surface area contributed by atoms with Crippen molar-refractivity contribution in [2.75, 3.05) is 0 Å². The number of benzene rings is 3. The van der Waals surface area contributed by atoms with Gasteiger partial charge in [-0.3, -0.25) is 4.98 Å². The maximum atomic E-state index is 4.19. The largest absolute Gasteiger partial charge is 0.264 e. The molecule has 0 bridgehead atoms. The molecule has 0 aliphatic heterocycles. The Hall–Kier alpha value is -3.19. The molecule has 0 N–H and O–H groups in total. The van der Waals surface area contributed by atoms with Gasteiger partial charge in [0.2, 0.25) is 0 Å². The Bertz CT molecular complexity index is 994. The number of nitrogens with zero attached hydrogens (tertiary/aromatic N) is 1. The molecule has 0 saturated carbocycles. The monoisotopic (exact) mass is 335 g/mol. The van der Waals surface area contributed by atoms with Crippen LogP contribution >= 0.6 is 0 Å². The summed E-state index contributed by atoms with van der Waals surface area (Å²) in [7, 11) is 0. The van der Waals surface area contributed by atoms with Gasteiger partial charge < -0.3 is 0 Å². The second-order valence-electron chi connectivity index (χ2n) is 6.77. The van der Waals surface area contributed by atoms with Gasteiger partial charge in [0.15, 0.2) is 0 Å². The summed E-state index contributed by atoms with van der Waals surface area (Å²) >= 11 is 0. The highest BCUT2D eigenvalue weighted by atomic mass is 14.6. The number of aromatic nitrogens is 1. The molecule has 3 aromatic carbocycles. The Morgan fingerprint density at radius 2 is 0.962 bits per heavy atom. The summed E-state index contributed by atoms with van der Waals surface area (Å²) < 4.78 is 0. The summed E-state index contributed by atoms with van der Waals surface area (Å²) in [5.74, 6) is 0.